The Morgan fingerprint density at radius 1 is 1.14 bits per heavy atom. The number of hydrogen-bond donors (Lipinski definition) is 2. The van der Waals surface area contributed by atoms with Gasteiger partial charge in [0.25, 0.3) is 0 Å². The molecule has 0 saturated carbocycles. The van der Waals surface area contributed by atoms with Crippen molar-refractivity contribution in [3.05, 3.63) is 53.2 Å². The quantitative estimate of drug-likeness (QED) is 0.863. The number of aromatic nitrogens is 1. The van der Waals surface area contributed by atoms with Crippen molar-refractivity contribution < 1.29 is 18.0 Å². The Kier molecular flexibility index (Phi) is 4.32. The monoisotopic (exact) mass is 315 g/mol. The summed E-state index contributed by atoms with van der Waals surface area (Å²) in [6.45, 7) is 0. The first-order valence-corrected chi connectivity index (χ1v) is 6.09. The molecule has 2 amide bonds. The average molecular weight is 316 g/mol. The maximum absolute atomic E-state index is 12.5. The van der Waals surface area contributed by atoms with Crippen LogP contribution in [-0.2, 0) is 6.18 Å². The fourth-order valence-electron chi connectivity index (χ4n) is 1.50. The molecule has 0 bridgehead atoms. The summed E-state index contributed by atoms with van der Waals surface area (Å²) in [5.74, 6) is 0.226. The number of carbonyl (C=O) groups is 1. The summed E-state index contributed by atoms with van der Waals surface area (Å²) < 4.78 is 37.6. The lowest BCUT2D eigenvalue weighted by Crippen LogP contribution is -2.20. The van der Waals surface area contributed by atoms with Crippen LogP contribution < -0.4 is 10.6 Å². The van der Waals surface area contributed by atoms with Crippen LogP contribution in [0.25, 0.3) is 0 Å². The third-order valence-corrected chi connectivity index (χ3v) is 2.64. The second-order valence-electron chi connectivity index (χ2n) is 4.02. The highest BCUT2D eigenvalue weighted by Gasteiger charge is 2.30. The van der Waals surface area contributed by atoms with Gasteiger partial charge < -0.3 is 5.32 Å². The van der Waals surface area contributed by atoms with E-state index < -0.39 is 17.8 Å². The van der Waals surface area contributed by atoms with E-state index in [1.807, 2.05) is 0 Å². The Bertz CT molecular complexity index is 644. The molecule has 2 aromatic rings. The fraction of sp³-hybridized carbons (Fsp3) is 0.0769. The molecule has 0 atom stereocenters. The molecular formula is C13H9ClF3N3O. The lowest BCUT2D eigenvalue weighted by Gasteiger charge is -2.10. The third-order valence-electron chi connectivity index (χ3n) is 2.42. The van der Waals surface area contributed by atoms with Crippen LogP contribution in [0.3, 0.4) is 0 Å². The highest BCUT2D eigenvalue weighted by Crippen LogP contribution is 2.30. The summed E-state index contributed by atoms with van der Waals surface area (Å²) in [6, 6.07) is 6.61. The number of anilines is 2. The molecule has 110 valence electrons. The lowest BCUT2D eigenvalue weighted by atomic mass is 10.2. The van der Waals surface area contributed by atoms with Gasteiger partial charge in [0.2, 0.25) is 0 Å². The van der Waals surface area contributed by atoms with E-state index in [4.69, 9.17) is 11.6 Å². The molecule has 0 radical (unpaired) electrons. The van der Waals surface area contributed by atoms with Gasteiger partial charge in [-0.3, -0.25) is 5.32 Å². The van der Waals surface area contributed by atoms with Crippen molar-refractivity contribution in [3.8, 4) is 0 Å². The van der Waals surface area contributed by atoms with Crippen LogP contribution in [0.15, 0.2) is 42.6 Å². The zero-order chi connectivity index (χ0) is 15.5. The highest BCUT2D eigenvalue weighted by molar-refractivity contribution is 6.30. The zero-order valence-corrected chi connectivity index (χ0v) is 11.2. The van der Waals surface area contributed by atoms with E-state index in [1.54, 1.807) is 0 Å². The molecule has 2 rings (SSSR count). The first-order valence-electron chi connectivity index (χ1n) is 5.71. The van der Waals surface area contributed by atoms with Gasteiger partial charge in [-0.2, -0.15) is 13.2 Å². The minimum atomic E-state index is -4.47. The number of rotatable bonds is 2. The van der Waals surface area contributed by atoms with Gasteiger partial charge in [0.05, 0.1) is 10.6 Å². The maximum Gasteiger partial charge on any atom is 0.416 e. The number of urea groups is 1. The Hall–Kier alpha value is -2.28. The predicted octanol–water partition coefficient (Wildman–Crippen LogP) is 4.40. The summed E-state index contributed by atoms with van der Waals surface area (Å²) in [7, 11) is 0. The van der Waals surface area contributed by atoms with Crippen molar-refractivity contribution in [2.24, 2.45) is 0 Å². The molecule has 8 heteroatoms. The molecule has 0 unspecified atom stereocenters. The van der Waals surface area contributed by atoms with Crippen LogP contribution in [-0.4, -0.2) is 11.0 Å². The van der Waals surface area contributed by atoms with Gasteiger partial charge in [0.15, 0.2) is 0 Å². The van der Waals surface area contributed by atoms with Gasteiger partial charge in [-0.25, -0.2) is 9.78 Å². The molecule has 4 nitrogen and oxygen atoms in total. The number of nitrogens with one attached hydrogen (secondary N) is 2. The largest absolute Gasteiger partial charge is 0.416 e. The van der Waals surface area contributed by atoms with Crippen LogP contribution in [0.1, 0.15) is 5.56 Å². The smallest absolute Gasteiger partial charge is 0.308 e. The van der Waals surface area contributed by atoms with Crippen molar-refractivity contribution in [1.29, 1.82) is 0 Å². The lowest BCUT2D eigenvalue weighted by molar-refractivity contribution is -0.137. The van der Waals surface area contributed by atoms with E-state index >= 15 is 0 Å². The van der Waals surface area contributed by atoms with Crippen LogP contribution in [0.5, 0.6) is 0 Å². The molecule has 0 aliphatic heterocycles. The molecule has 0 saturated heterocycles. The molecule has 0 fully saturated rings. The topological polar surface area (TPSA) is 54.0 Å². The summed E-state index contributed by atoms with van der Waals surface area (Å²) in [5.41, 5.74) is -0.818. The second kappa shape index (κ2) is 6.01. The first kappa shape index (κ1) is 15.1. The molecule has 21 heavy (non-hydrogen) atoms. The number of alkyl halides is 3. The van der Waals surface area contributed by atoms with Crippen molar-refractivity contribution in [3.63, 3.8) is 0 Å². The molecule has 1 heterocycles. The number of nitrogens with zero attached hydrogens (tertiary/aromatic N) is 1. The van der Waals surface area contributed by atoms with Gasteiger partial charge in [-0.05, 0) is 30.3 Å². The van der Waals surface area contributed by atoms with Crippen molar-refractivity contribution in [1.82, 2.24) is 4.98 Å². The molecule has 1 aromatic carbocycles. The molecule has 0 aliphatic rings. The summed E-state index contributed by atoms with van der Waals surface area (Å²) in [4.78, 5) is 15.5. The summed E-state index contributed by atoms with van der Waals surface area (Å²) >= 11 is 5.64. The molecule has 2 N–H and O–H groups in total. The van der Waals surface area contributed by atoms with Crippen molar-refractivity contribution in [2.75, 3.05) is 10.6 Å². The van der Waals surface area contributed by atoms with E-state index in [0.29, 0.717) is 5.02 Å². The van der Waals surface area contributed by atoms with Gasteiger partial charge in [-0.15, -0.1) is 0 Å². The number of amides is 2. The maximum atomic E-state index is 12.5. The number of benzene rings is 1. The van der Waals surface area contributed by atoms with Gasteiger partial charge in [-0.1, -0.05) is 17.7 Å². The molecule has 0 spiro atoms. The van der Waals surface area contributed by atoms with Crippen LogP contribution >= 0.6 is 11.6 Å². The Labute approximate surface area is 122 Å². The van der Waals surface area contributed by atoms with E-state index in [-0.39, 0.29) is 11.5 Å². The molecular weight excluding hydrogens is 307 g/mol. The number of halogens is 4. The fourth-order valence-corrected chi connectivity index (χ4v) is 1.61. The van der Waals surface area contributed by atoms with Crippen LogP contribution in [0.4, 0.5) is 29.5 Å². The van der Waals surface area contributed by atoms with Crippen LogP contribution in [0, 0.1) is 0 Å². The van der Waals surface area contributed by atoms with Gasteiger partial charge >= 0.3 is 12.2 Å². The number of hydrogen-bond acceptors (Lipinski definition) is 2. The molecule has 1 aromatic heterocycles. The number of carbonyl (C=O) groups excluding carboxylic acids is 1. The first-order chi connectivity index (χ1) is 9.84. The SMILES string of the molecule is O=C(Nc1cccc(C(F)(F)F)c1)Nc1ccc(Cl)cn1. The van der Waals surface area contributed by atoms with E-state index in [0.717, 1.165) is 12.1 Å². The average Bonchev–Trinajstić information content (AvgIpc) is 2.41. The van der Waals surface area contributed by atoms with E-state index in [1.165, 1.54) is 30.5 Å². The van der Waals surface area contributed by atoms with E-state index in [9.17, 15) is 18.0 Å². The van der Waals surface area contributed by atoms with Gasteiger partial charge in [0.1, 0.15) is 5.82 Å². The van der Waals surface area contributed by atoms with Gasteiger partial charge in [0, 0.05) is 11.9 Å². The minimum Gasteiger partial charge on any atom is -0.308 e. The van der Waals surface area contributed by atoms with Crippen molar-refractivity contribution >= 4 is 29.1 Å². The predicted molar refractivity (Wildman–Crippen MR) is 73.3 cm³/mol. The third kappa shape index (κ3) is 4.35. The minimum absolute atomic E-state index is 0.0243. The molecule has 0 aliphatic carbocycles. The standard InChI is InChI=1S/C13H9ClF3N3O/c14-9-4-5-11(18-7-9)20-12(21)19-10-3-1-2-8(6-10)13(15,16)17/h1-7H,(H2,18,19,20,21). The Morgan fingerprint density at radius 3 is 2.52 bits per heavy atom. The second-order valence-corrected chi connectivity index (χ2v) is 4.46. The zero-order valence-electron chi connectivity index (χ0n) is 10.4. The van der Waals surface area contributed by atoms with Crippen LogP contribution in [0.2, 0.25) is 5.02 Å². The van der Waals surface area contributed by atoms with E-state index in [2.05, 4.69) is 15.6 Å². The van der Waals surface area contributed by atoms with Crippen molar-refractivity contribution in [2.45, 2.75) is 6.18 Å². The normalized spacial score (nSPS) is 11.0. The summed E-state index contributed by atoms with van der Waals surface area (Å²) in [6.07, 6.45) is -3.13. The Balaban J connectivity index is 2.04. The summed E-state index contributed by atoms with van der Waals surface area (Å²) in [5, 5.41) is 5.07. The number of pyridine rings is 1. The highest BCUT2D eigenvalue weighted by atomic mass is 35.5. The Morgan fingerprint density at radius 2 is 1.90 bits per heavy atom.